The minimum absolute atomic E-state index is 0.310. The third kappa shape index (κ3) is 5.85. The van der Waals surface area contributed by atoms with E-state index in [1.54, 1.807) is 31.4 Å². The Balaban J connectivity index is 1.70. The van der Waals surface area contributed by atoms with Crippen LogP contribution >= 0.6 is 0 Å². The van der Waals surface area contributed by atoms with Crippen LogP contribution in [-0.4, -0.2) is 19.2 Å². The zero-order chi connectivity index (χ0) is 19.6. The Morgan fingerprint density at radius 3 is 2.18 bits per heavy atom. The van der Waals surface area contributed by atoms with Crippen molar-refractivity contribution in [1.82, 2.24) is 0 Å². The van der Waals surface area contributed by atoms with E-state index in [9.17, 15) is 4.79 Å². The monoisotopic (exact) mass is 372 g/mol. The Bertz CT molecular complexity index is 884. The number of hydrogen-bond acceptors (Lipinski definition) is 3. The molecule has 3 aromatic rings. The lowest BCUT2D eigenvalue weighted by molar-refractivity contribution is 0.0382. The Kier molecular flexibility index (Phi) is 7.02. The Labute approximate surface area is 166 Å². The number of ether oxygens (including phenoxy) is 2. The molecule has 3 nitrogen and oxygen atoms in total. The average molecular weight is 372 g/mol. The largest absolute Gasteiger partial charge is 0.497 e. The number of esters is 1. The first kappa shape index (κ1) is 19.4. The lowest BCUT2D eigenvalue weighted by Crippen LogP contribution is -2.17. The minimum atomic E-state index is -0.335. The van der Waals surface area contributed by atoms with Crippen molar-refractivity contribution in [3.63, 3.8) is 0 Å². The molecule has 0 spiro atoms. The minimum Gasteiger partial charge on any atom is -0.497 e. The van der Waals surface area contributed by atoms with Gasteiger partial charge in [-0.05, 0) is 54.3 Å². The Hall–Kier alpha value is -3.33. The topological polar surface area (TPSA) is 35.5 Å². The third-order valence-corrected chi connectivity index (χ3v) is 4.45. The summed E-state index contributed by atoms with van der Waals surface area (Å²) < 4.78 is 10.9. The zero-order valence-corrected chi connectivity index (χ0v) is 16.0. The van der Waals surface area contributed by atoms with E-state index >= 15 is 0 Å². The fourth-order valence-electron chi connectivity index (χ4n) is 2.86. The molecule has 28 heavy (non-hydrogen) atoms. The van der Waals surface area contributed by atoms with Crippen molar-refractivity contribution in [2.75, 3.05) is 7.11 Å². The standard InChI is InChI=1S/C25H24O3/c1-27-23-18-14-22(15-19-23)25(26)28-24(16-12-20-8-4-2-5-9-20)17-13-21-10-6-3-7-11-21/h2-12,14-16,18-19,24H,13,17H2,1H3/b16-12+. The van der Waals surface area contributed by atoms with E-state index in [1.807, 2.05) is 60.7 Å². The van der Waals surface area contributed by atoms with E-state index in [0.717, 1.165) is 18.4 Å². The van der Waals surface area contributed by atoms with Crippen LogP contribution in [0.5, 0.6) is 5.75 Å². The molecule has 0 heterocycles. The Morgan fingerprint density at radius 2 is 1.54 bits per heavy atom. The third-order valence-electron chi connectivity index (χ3n) is 4.45. The van der Waals surface area contributed by atoms with Gasteiger partial charge in [-0.2, -0.15) is 0 Å². The molecule has 1 unspecified atom stereocenters. The van der Waals surface area contributed by atoms with Crippen LogP contribution in [0.3, 0.4) is 0 Å². The number of benzene rings is 3. The molecule has 3 aromatic carbocycles. The molecule has 0 radical (unpaired) electrons. The van der Waals surface area contributed by atoms with Gasteiger partial charge in [-0.15, -0.1) is 0 Å². The van der Waals surface area contributed by atoms with Gasteiger partial charge in [0.2, 0.25) is 0 Å². The van der Waals surface area contributed by atoms with E-state index in [0.29, 0.717) is 11.3 Å². The van der Waals surface area contributed by atoms with Gasteiger partial charge in [-0.3, -0.25) is 0 Å². The zero-order valence-electron chi connectivity index (χ0n) is 16.0. The van der Waals surface area contributed by atoms with Crippen LogP contribution in [-0.2, 0) is 11.2 Å². The first-order valence-electron chi connectivity index (χ1n) is 9.37. The summed E-state index contributed by atoms with van der Waals surface area (Å²) in [6, 6.07) is 27.2. The highest BCUT2D eigenvalue weighted by molar-refractivity contribution is 5.89. The van der Waals surface area contributed by atoms with E-state index < -0.39 is 0 Å². The normalized spacial score (nSPS) is 11.9. The van der Waals surface area contributed by atoms with Gasteiger partial charge in [-0.25, -0.2) is 4.79 Å². The summed E-state index contributed by atoms with van der Waals surface area (Å²) in [5, 5.41) is 0. The summed E-state index contributed by atoms with van der Waals surface area (Å²) in [4.78, 5) is 12.6. The van der Waals surface area contributed by atoms with Crippen molar-refractivity contribution in [1.29, 1.82) is 0 Å². The van der Waals surface area contributed by atoms with Crippen molar-refractivity contribution in [2.45, 2.75) is 18.9 Å². The summed E-state index contributed by atoms with van der Waals surface area (Å²) in [7, 11) is 1.60. The van der Waals surface area contributed by atoms with E-state index in [1.165, 1.54) is 5.56 Å². The SMILES string of the molecule is COc1ccc(C(=O)OC(/C=C/c2ccccc2)CCc2ccccc2)cc1. The molecule has 0 aliphatic carbocycles. The maximum Gasteiger partial charge on any atom is 0.338 e. The fraction of sp³-hybridized carbons (Fsp3) is 0.160. The van der Waals surface area contributed by atoms with Crippen molar-refractivity contribution in [2.24, 2.45) is 0 Å². The molecule has 0 aliphatic heterocycles. The van der Waals surface area contributed by atoms with Gasteiger partial charge in [0.25, 0.3) is 0 Å². The molecule has 0 fully saturated rings. The molecule has 0 saturated carbocycles. The van der Waals surface area contributed by atoms with Gasteiger partial charge in [0.15, 0.2) is 0 Å². The van der Waals surface area contributed by atoms with Crippen molar-refractivity contribution < 1.29 is 14.3 Å². The predicted octanol–water partition coefficient (Wildman–Crippen LogP) is 5.57. The predicted molar refractivity (Wildman–Crippen MR) is 112 cm³/mol. The molecule has 1 atom stereocenters. The first-order valence-corrected chi connectivity index (χ1v) is 9.37. The van der Waals surface area contributed by atoms with Crippen molar-refractivity contribution >= 4 is 12.0 Å². The molecular formula is C25H24O3. The maximum absolute atomic E-state index is 12.6. The smallest absolute Gasteiger partial charge is 0.338 e. The fourth-order valence-corrected chi connectivity index (χ4v) is 2.86. The van der Waals surface area contributed by atoms with Crippen molar-refractivity contribution in [3.05, 3.63) is 108 Å². The number of aryl methyl sites for hydroxylation is 1. The van der Waals surface area contributed by atoms with Gasteiger partial charge in [0.05, 0.1) is 12.7 Å². The lowest BCUT2D eigenvalue weighted by Gasteiger charge is -2.15. The number of carbonyl (C=O) groups excluding carboxylic acids is 1. The summed E-state index contributed by atoms with van der Waals surface area (Å²) in [6.45, 7) is 0. The van der Waals surface area contributed by atoms with E-state index in [4.69, 9.17) is 9.47 Å². The van der Waals surface area contributed by atoms with Gasteiger partial charge in [0.1, 0.15) is 11.9 Å². The highest BCUT2D eigenvalue weighted by atomic mass is 16.5. The summed E-state index contributed by atoms with van der Waals surface area (Å²) in [5.74, 6) is 0.375. The molecule has 142 valence electrons. The molecular weight excluding hydrogens is 348 g/mol. The molecule has 0 saturated heterocycles. The van der Waals surface area contributed by atoms with Crippen LogP contribution in [0.4, 0.5) is 0 Å². The molecule has 3 heteroatoms. The first-order chi connectivity index (χ1) is 13.7. The Morgan fingerprint density at radius 1 is 0.893 bits per heavy atom. The lowest BCUT2D eigenvalue weighted by atomic mass is 10.1. The summed E-state index contributed by atoms with van der Waals surface area (Å²) in [6.07, 6.45) is 5.20. The van der Waals surface area contributed by atoms with Crippen LogP contribution in [0.1, 0.15) is 27.9 Å². The summed E-state index contributed by atoms with van der Waals surface area (Å²) in [5.41, 5.74) is 2.81. The van der Waals surface area contributed by atoms with Crippen molar-refractivity contribution in [3.8, 4) is 5.75 Å². The van der Waals surface area contributed by atoms with Crippen LogP contribution < -0.4 is 4.74 Å². The van der Waals surface area contributed by atoms with Crippen LogP contribution in [0.25, 0.3) is 6.08 Å². The van der Waals surface area contributed by atoms with Crippen LogP contribution in [0.2, 0.25) is 0 Å². The highest BCUT2D eigenvalue weighted by Gasteiger charge is 2.14. The molecule has 3 rings (SSSR count). The van der Waals surface area contributed by atoms with Gasteiger partial charge in [0, 0.05) is 0 Å². The molecule has 0 aliphatic rings. The highest BCUT2D eigenvalue weighted by Crippen LogP contribution is 2.16. The second-order valence-corrected chi connectivity index (χ2v) is 6.47. The van der Waals surface area contributed by atoms with Gasteiger partial charge >= 0.3 is 5.97 Å². The van der Waals surface area contributed by atoms with Gasteiger partial charge < -0.3 is 9.47 Å². The molecule has 0 bridgehead atoms. The average Bonchev–Trinajstić information content (AvgIpc) is 2.77. The number of methoxy groups -OCH3 is 1. The molecule has 0 N–H and O–H groups in total. The van der Waals surface area contributed by atoms with E-state index in [-0.39, 0.29) is 12.1 Å². The molecule has 0 amide bonds. The maximum atomic E-state index is 12.6. The van der Waals surface area contributed by atoms with Crippen LogP contribution in [0, 0.1) is 0 Å². The number of rotatable bonds is 8. The summed E-state index contributed by atoms with van der Waals surface area (Å²) >= 11 is 0. The van der Waals surface area contributed by atoms with E-state index in [2.05, 4.69) is 12.1 Å². The van der Waals surface area contributed by atoms with Crippen LogP contribution in [0.15, 0.2) is 91.0 Å². The second-order valence-electron chi connectivity index (χ2n) is 6.47. The quantitative estimate of drug-likeness (QED) is 0.485. The number of carbonyl (C=O) groups is 1. The molecule has 0 aromatic heterocycles. The number of hydrogen-bond donors (Lipinski definition) is 0. The van der Waals surface area contributed by atoms with Gasteiger partial charge in [-0.1, -0.05) is 66.7 Å². The second kappa shape index (κ2) is 10.1.